The summed E-state index contributed by atoms with van der Waals surface area (Å²) in [6.45, 7) is 6.28. The summed E-state index contributed by atoms with van der Waals surface area (Å²) in [5.74, 6) is 0.173. The number of morpholine rings is 1. The highest BCUT2D eigenvalue weighted by Gasteiger charge is 2.30. The number of carbonyl (C=O) groups excluding carboxylic acids is 2. The Morgan fingerprint density at radius 3 is 2.36 bits per heavy atom. The van der Waals surface area contributed by atoms with E-state index in [2.05, 4.69) is 10.2 Å². The van der Waals surface area contributed by atoms with E-state index in [0.29, 0.717) is 31.9 Å². The second-order valence-electron chi connectivity index (χ2n) is 6.76. The predicted molar refractivity (Wildman–Crippen MR) is 95.4 cm³/mol. The van der Waals surface area contributed by atoms with E-state index in [9.17, 15) is 9.59 Å². The number of piperidine rings is 1. The predicted octanol–water partition coefficient (Wildman–Crippen LogP) is 1.13. The minimum Gasteiger partial charge on any atom is -0.378 e. The summed E-state index contributed by atoms with van der Waals surface area (Å²) in [6.07, 6.45) is 1.75. The van der Waals surface area contributed by atoms with Gasteiger partial charge in [-0.15, -0.1) is 0 Å². The average Bonchev–Trinajstić information content (AvgIpc) is 2.69. The van der Waals surface area contributed by atoms with Gasteiger partial charge in [0.05, 0.1) is 19.3 Å². The molecule has 6 nitrogen and oxygen atoms in total. The number of amides is 2. The van der Waals surface area contributed by atoms with E-state index in [1.165, 1.54) is 0 Å². The summed E-state index contributed by atoms with van der Waals surface area (Å²) >= 11 is 0. The topological polar surface area (TPSA) is 61.9 Å². The first-order chi connectivity index (χ1) is 12.1. The molecule has 1 atom stereocenters. The van der Waals surface area contributed by atoms with Crippen molar-refractivity contribution in [2.24, 2.45) is 0 Å². The van der Waals surface area contributed by atoms with Crippen LogP contribution in [-0.4, -0.2) is 73.1 Å². The molecule has 25 heavy (non-hydrogen) atoms. The molecule has 0 saturated carbocycles. The van der Waals surface area contributed by atoms with Gasteiger partial charge < -0.3 is 15.0 Å². The maximum absolute atomic E-state index is 12.6. The lowest BCUT2D eigenvalue weighted by Gasteiger charge is -2.38. The number of nitrogens with zero attached hydrogens (tertiary/aromatic N) is 2. The molecule has 3 rings (SSSR count). The smallest absolute Gasteiger partial charge is 0.251 e. The number of hydrogen-bond acceptors (Lipinski definition) is 4. The number of carbonyl (C=O) groups is 2. The standard InChI is InChI=1S/C19H27N3O3/c1-15(19(24)22-11-13-25-14-12-22)21-9-7-17(8-10-21)20-18(23)16-5-3-2-4-6-16/h2-6,15,17H,7-14H2,1H3,(H,20,23). The molecule has 0 spiro atoms. The first kappa shape index (κ1) is 17.9. The zero-order valence-corrected chi connectivity index (χ0v) is 14.8. The van der Waals surface area contributed by atoms with Crippen LogP contribution in [0, 0.1) is 0 Å². The molecule has 0 aliphatic carbocycles. The third-order valence-electron chi connectivity index (χ3n) is 5.13. The molecule has 1 aromatic carbocycles. The van der Waals surface area contributed by atoms with E-state index in [1.54, 1.807) is 0 Å². The minimum atomic E-state index is -0.108. The third-order valence-corrected chi connectivity index (χ3v) is 5.13. The molecule has 1 aromatic rings. The summed E-state index contributed by atoms with van der Waals surface area (Å²) < 4.78 is 5.31. The van der Waals surface area contributed by atoms with E-state index < -0.39 is 0 Å². The fourth-order valence-electron chi connectivity index (χ4n) is 3.49. The lowest BCUT2D eigenvalue weighted by molar-refractivity contribution is -0.141. The van der Waals surface area contributed by atoms with E-state index in [1.807, 2.05) is 42.2 Å². The van der Waals surface area contributed by atoms with Crippen LogP contribution in [0.2, 0.25) is 0 Å². The van der Waals surface area contributed by atoms with Crippen molar-refractivity contribution in [2.75, 3.05) is 39.4 Å². The minimum absolute atomic E-state index is 0.0171. The molecule has 2 fully saturated rings. The van der Waals surface area contributed by atoms with Gasteiger partial charge >= 0.3 is 0 Å². The maximum Gasteiger partial charge on any atom is 0.251 e. The lowest BCUT2D eigenvalue weighted by atomic mass is 10.0. The fraction of sp³-hybridized carbons (Fsp3) is 0.579. The molecule has 2 saturated heterocycles. The van der Waals surface area contributed by atoms with Crippen molar-refractivity contribution in [3.63, 3.8) is 0 Å². The largest absolute Gasteiger partial charge is 0.378 e. The SMILES string of the molecule is CC(C(=O)N1CCOCC1)N1CCC(NC(=O)c2ccccc2)CC1. The van der Waals surface area contributed by atoms with Crippen LogP contribution in [0.15, 0.2) is 30.3 Å². The van der Waals surface area contributed by atoms with Crippen molar-refractivity contribution in [3.05, 3.63) is 35.9 Å². The van der Waals surface area contributed by atoms with Crippen molar-refractivity contribution in [1.29, 1.82) is 0 Å². The zero-order valence-electron chi connectivity index (χ0n) is 14.8. The Morgan fingerprint density at radius 2 is 1.72 bits per heavy atom. The molecule has 0 bridgehead atoms. The number of nitrogens with one attached hydrogen (secondary N) is 1. The lowest BCUT2D eigenvalue weighted by Crippen LogP contribution is -2.54. The van der Waals surface area contributed by atoms with E-state index in [0.717, 1.165) is 25.9 Å². The second kappa shape index (κ2) is 8.45. The zero-order chi connectivity index (χ0) is 17.6. The molecule has 1 unspecified atom stereocenters. The molecule has 2 aliphatic heterocycles. The molecular weight excluding hydrogens is 318 g/mol. The highest BCUT2D eigenvalue weighted by Crippen LogP contribution is 2.16. The van der Waals surface area contributed by atoms with Gasteiger partial charge in [-0.1, -0.05) is 18.2 Å². The quantitative estimate of drug-likeness (QED) is 0.889. The highest BCUT2D eigenvalue weighted by atomic mass is 16.5. The summed E-state index contributed by atoms with van der Waals surface area (Å²) in [5.41, 5.74) is 0.695. The molecule has 6 heteroatoms. The van der Waals surface area contributed by atoms with E-state index in [4.69, 9.17) is 4.74 Å². The van der Waals surface area contributed by atoms with Crippen molar-refractivity contribution < 1.29 is 14.3 Å². The maximum atomic E-state index is 12.6. The van der Waals surface area contributed by atoms with E-state index >= 15 is 0 Å². The van der Waals surface area contributed by atoms with Gasteiger partial charge in [-0.25, -0.2) is 0 Å². The van der Waals surface area contributed by atoms with Gasteiger partial charge in [-0.3, -0.25) is 14.5 Å². The van der Waals surface area contributed by atoms with Crippen LogP contribution in [0.3, 0.4) is 0 Å². The van der Waals surface area contributed by atoms with Crippen molar-refractivity contribution in [2.45, 2.75) is 31.8 Å². The molecule has 136 valence electrons. The Morgan fingerprint density at radius 1 is 1.08 bits per heavy atom. The van der Waals surface area contributed by atoms with Crippen molar-refractivity contribution >= 4 is 11.8 Å². The molecule has 0 radical (unpaired) electrons. The number of hydrogen-bond donors (Lipinski definition) is 1. The Balaban J connectivity index is 1.46. The molecule has 0 aromatic heterocycles. The third kappa shape index (κ3) is 4.58. The summed E-state index contributed by atoms with van der Waals surface area (Å²) in [5, 5.41) is 3.11. The van der Waals surface area contributed by atoms with Gasteiger partial charge in [-0.05, 0) is 31.9 Å². The van der Waals surface area contributed by atoms with Gasteiger partial charge in [0.1, 0.15) is 0 Å². The second-order valence-corrected chi connectivity index (χ2v) is 6.76. The van der Waals surface area contributed by atoms with Crippen LogP contribution >= 0.6 is 0 Å². The highest BCUT2D eigenvalue weighted by molar-refractivity contribution is 5.94. The van der Waals surface area contributed by atoms with Gasteiger partial charge in [0.25, 0.3) is 5.91 Å². The first-order valence-corrected chi connectivity index (χ1v) is 9.11. The number of benzene rings is 1. The molecular formula is C19H27N3O3. The van der Waals surface area contributed by atoms with Crippen LogP contribution in [-0.2, 0) is 9.53 Å². The summed E-state index contributed by atoms with van der Waals surface area (Å²) in [4.78, 5) is 29.0. The van der Waals surface area contributed by atoms with Gasteiger partial charge in [0.15, 0.2) is 0 Å². The summed E-state index contributed by atoms with van der Waals surface area (Å²) in [6, 6.07) is 9.37. The Hall–Kier alpha value is -1.92. The number of ether oxygens (including phenoxy) is 1. The normalized spacial score (nSPS) is 20.9. The molecule has 2 heterocycles. The molecule has 2 amide bonds. The first-order valence-electron chi connectivity index (χ1n) is 9.11. The summed E-state index contributed by atoms with van der Waals surface area (Å²) in [7, 11) is 0. The molecule has 1 N–H and O–H groups in total. The van der Waals surface area contributed by atoms with E-state index in [-0.39, 0.29) is 23.9 Å². The number of likely N-dealkylation sites (tertiary alicyclic amines) is 1. The Kier molecular flexibility index (Phi) is 6.04. The van der Waals surface area contributed by atoms with Crippen LogP contribution < -0.4 is 5.32 Å². The Labute approximate surface area is 149 Å². The van der Waals surface area contributed by atoms with Crippen LogP contribution in [0.4, 0.5) is 0 Å². The fourth-order valence-corrected chi connectivity index (χ4v) is 3.49. The van der Waals surface area contributed by atoms with Crippen LogP contribution in [0.5, 0.6) is 0 Å². The average molecular weight is 345 g/mol. The van der Waals surface area contributed by atoms with Crippen molar-refractivity contribution in [3.8, 4) is 0 Å². The Bertz CT molecular complexity index is 579. The van der Waals surface area contributed by atoms with Gasteiger partial charge in [0.2, 0.25) is 5.91 Å². The number of rotatable bonds is 4. The molecule has 2 aliphatic rings. The van der Waals surface area contributed by atoms with Crippen LogP contribution in [0.25, 0.3) is 0 Å². The van der Waals surface area contributed by atoms with Crippen molar-refractivity contribution in [1.82, 2.24) is 15.1 Å². The van der Waals surface area contributed by atoms with Gasteiger partial charge in [-0.2, -0.15) is 0 Å². The van der Waals surface area contributed by atoms with Gasteiger partial charge in [0, 0.05) is 37.8 Å². The van der Waals surface area contributed by atoms with Crippen LogP contribution in [0.1, 0.15) is 30.1 Å². The monoisotopic (exact) mass is 345 g/mol.